The third kappa shape index (κ3) is 5.16. The average Bonchev–Trinajstić information content (AvgIpc) is 3.36. The molecule has 0 spiro atoms. The second-order valence-corrected chi connectivity index (χ2v) is 10.1. The first-order valence-corrected chi connectivity index (χ1v) is 12.5. The Hall–Kier alpha value is -3.43. The smallest absolute Gasteiger partial charge is 0.306 e. The summed E-state index contributed by atoms with van der Waals surface area (Å²) in [6.45, 7) is 4.41. The number of nitrogens with one attached hydrogen (secondary N) is 2. The third-order valence-corrected chi connectivity index (χ3v) is 7.16. The minimum absolute atomic E-state index is 0.0313. The molecule has 0 radical (unpaired) electrons. The first-order valence-electron chi connectivity index (χ1n) is 12.5. The number of aromatic nitrogens is 5. The van der Waals surface area contributed by atoms with E-state index in [1.165, 1.54) is 0 Å². The van der Waals surface area contributed by atoms with E-state index in [0.29, 0.717) is 47.7 Å². The van der Waals surface area contributed by atoms with Crippen molar-refractivity contribution in [2.24, 2.45) is 13.0 Å². The van der Waals surface area contributed by atoms with Gasteiger partial charge in [0, 0.05) is 31.4 Å². The topological polar surface area (TPSA) is 116 Å². The van der Waals surface area contributed by atoms with Crippen LogP contribution in [0.2, 0.25) is 0 Å². The Balaban J connectivity index is 1.30. The molecule has 0 aromatic carbocycles. The molecule has 3 heterocycles. The first kappa shape index (κ1) is 23.3. The zero-order valence-corrected chi connectivity index (χ0v) is 20.6. The van der Waals surface area contributed by atoms with Crippen LogP contribution in [-0.4, -0.2) is 42.4 Å². The normalized spacial score (nSPS) is 21.0. The summed E-state index contributed by atoms with van der Waals surface area (Å²) < 4.78 is 8.63. The summed E-state index contributed by atoms with van der Waals surface area (Å²) in [5.41, 5.74) is 1.25. The van der Waals surface area contributed by atoms with Gasteiger partial charge in [-0.25, -0.2) is 4.98 Å². The highest BCUT2D eigenvalue weighted by Gasteiger charge is 2.38. The van der Waals surface area contributed by atoms with Crippen LogP contribution in [0.5, 0.6) is 0 Å². The van der Waals surface area contributed by atoms with Crippen molar-refractivity contribution in [1.82, 2.24) is 24.3 Å². The highest BCUT2D eigenvalue weighted by Crippen LogP contribution is 2.39. The Morgan fingerprint density at radius 2 is 2.00 bits per heavy atom. The van der Waals surface area contributed by atoms with Gasteiger partial charge in [-0.2, -0.15) is 10.1 Å². The van der Waals surface area contributed by atoms with E-state index in [4.69, 9.17) is 4.74 Å². The van der Waals surface area contributed by atoms with Gasteiger partial charge in [-0.1, -0.05) is 0 Å². The lowest BCUT2D eigenvalue weighted by Gasteiger charge is -2.28. The van der Waals surface area contributed by atoms with Crippen molar-refractivity contribution in [3.8, 4) is 0 Å². The van der Waals surface area contributed by atoms with Gasteiger partial charge in [-0.15, -0.1) is 0 Å². The van der Waals surface area contributed by atoms with E-state index >= 15 is 0 Å². The van der Waals surface area contributed by atoms with Gasteiger partial charge in [0.2, 0.25) is 5.95 Å². The number of ether oxygens (including phenoxy) is 1. The van der Waals surface area contributed by atoms with Crippen LogP contribution in [0.15, 0.2) is 29.5 Å². The largest absolute Gasteiger partial charge is 0.466 e. The summed E-state index contributed by atoms with van der Waals surface area (Å²) in [5.74, 6) is 1.27. The first-order chi connectivity index (χ1) is 16.8. The average molecular weight is 480 g/mol. The number of pyridine rings is 1. The Labute approximate surface area is 204 Å². The molecule has 5 rings (SSSR count). The van der Waals surface area contributed by atoms with Crippen molar-refractivity contribution in [1.29, 1.82) is 0 Å². The maximum Gasteiger partial charge on any atom is 0.306 e. The number of hydrogen-bond donors (Lipinski definition) is 2. The van der Waals surface area contributed by atoms with Gasteiger partial charge in [0.1, 0.15) is 11.2 Å². The number of fused-ring (bicyclic) bond motifs is 1. The minimum Gasteiger partial charge on any atom is -0.466 e. The van der Waals surface area contributed by atoms with Crippen molar-refractivity contribution in [2.75, 3.05) is 17.2 Å². The molecule has 2 N–H and O–H groups in total. The number of aryl methyl sites for hydroxylation is 1. The maximum atomic E-state index is 12.8. The predicted molar refractivity (Wildman–Crippen MR) is 134 cm³/mol. The van der Waals surface area contributed by atoms with Gasteiger partial charge in [-0.05, 0) is 64.4 Å². The lowest BCUT2D eigenvalue weighted by molar-refractivity contribution is -0.144. The number of nitrogens with zero attached hydrogens (tertiary/aromatic N) is 5. The molecule has 10 nitrogen and oxygen atoms in total. The number of rotatable bonds is 8. The summed E-state index contributed by atoms with van der Waals surface area (Å²) in [6.07, 6.45) is 12.0. The van der Waals surface area contributed by atoms with Crippen LogP contribution < -0.4 is 16.2 Å². The van der Waals surface area contributed by atoms with Crippen molar-refractivity contribution in [3.05, 3.63) is 35.0 Å². The van der Waals surface area contributed by atoms with Crippen molar-refractivity contribution >= 4 is 34.3 Å². The summed E-state index contributed by atoms with van der Waals surface area (Å²) in [4.78, 5) is 33.9. The van der Waals surface area contributed by atoms with E-state index in [0.717, 1.165) is 44.2 Å². The summed E-state index contributed by atoms with van der Waals surface area (Å²) >= 11 is 0. The maximum absolute atomic E-state index is 12.8. The molecule has 0 aliphatic heterocycles. The molecule has 0 unspecified atom stereocenters. The molecule has 0 amide bonds. The van der Waals surface area contributed by atoms with E-state index in [9.17, 15) is 9.59 Å². The highest BCUT2D eigenvalue weighted by atomic mass is 16.5. The molecule has 2 saturated carbocycles. The number of anilines is 3. The predicted octanol–water partition coefficient (Wildman–Crippen LogP) is 3.92. The van der Waals surface area contributed by atoms with Gasteiger partial charge in [-0.3, -0.25) is 14.3 Å². The summed E-state index contributed by atoms with van der Waals surface area (Å²) in [7, 11) is 1.73. The van der Waals surface area contributed by atoms with Crippen molar-refractivity contribution < 1.29 is 9.53 Å². The van der Waals surface area contributed by atoms with Crippen LogP contribution in [0, 0.1) is 5.92 Å². The lowest BCUT2D eigenvalue weighted by atomic mass is 9.84. The van der Waals surface area contributed by atoms with Crippen LogP contribution in [0.4, 0.5) is 17.5 Å². The Bertz CT molecular complexity index is 1290. The Morgan fingerprint density at radius 1 is 1.23 bits per heavy atom. The van der Waals surface area contributed by atoms with E-state index < -0.39 is 0 Å². The molecule has 0 bridgehead atoms. The fraction of sp³-hybridized carbons (Fsp3) is 0.560. The molecule has 10 heteroatoms. The van der Waals surface area contributed by atoms with Gasteiger partial charge >= 0.3 is 5.97 Å². The van der Waals surface area contributed by atoms with E-state index in [2.05, 4.69) is 32.6 Å². The number of esters is 1. The standard InChI is InChI=1S/C25H33N7O3/c1-4-35-20(33)13-16-5-7-18(8-6-16)32-15-17(14-26-32)27-24-28-19-9-12-31(3)23(34)21(19)22(29-24)30-25(2)10-11-25/h9,12,14-16,18H,4-8,10-11,13H2,1-3H3,(H2,27,28,29,30). The van der Waals surface area contributed by atoms with Gasteiger partial charge in [0.15, 0.2) is 0 Å². The van der Waals surface area contributed by atoms with Crippen LogP contribution in [-0.2, 0) is 16.6 Å². The third-order valence-electron chi connectivity index (χ3n) is 7.16. The molecule has 0 saturated heterocycles. The molecule has 2 aliphatic carbocycles. The van der Waals surface area contributed by atoms with Crippen molar-refractivity contribution in [3.63, 3.8) is 0 Å². The van der Waals surface area contributed by atoms with Crippen LogP contribution >= 0.6 is 0 Å². The van der Waals surface area contributed by atoms with E-state index in [1.807, 2.05) is 23.9 Å². The second-order valence-electron chi connectivity index (χ2n) is 10.1. The van der Waals surface area contributed by atoms with Crippen LogP contribution in [0.3, 0.4) is 0 Å². The Morgan fingerprint density at radius 3 is 2.71 bits per heavy atom. The zero-order valence-electron chi connectivity index (χ0n) is 20.6. The second kappa shape index (κ2) is 9.31. The SMILES string of the molecule is CCOC(=O)CC1CCC(n2cc(Nc3nc(NC4(C)CC4)c4c(=O)n(C)ccc4n3)cn2)CC1. The fourth-order valence-corrected chi connectivity index (χ4v) is 4.78. The summed E-state index contributed by atoms with van der Waals surface area (Å²) in [5, 5.41) is 11.8. The van der Waals surface area contributed by atoms with Gasteiger partial charge in [0.25, 0.3) is 5.56 Å². The van der Waals surface area contributed by atoms with E-state index in [-0.39, 0.29) is 17.1 Å². The molecular formula is C25H33N7O3. The zero-order chi connectivity index (χ0) is 24.6. The lowest BCUT2D eigenvalue weighted by Crippen LogP contribution is -2.23. The number of carbonyl (C=O) groups is 1. The van der Waals surface area contributed by atoms with Gasteiger partial charge in [0.05, 0.1) is 30.0 Å². The molecule has 186 valence electrons. The number of hydrogen-bond acceptors (Lipinski definition) is 8. The summed E-state index contributed by atoms with van der Waals surface area (Å²) in [6, 6.07) is 2.14. The van der Waals surface area contributed by atoms with Gasteiger partial charge < -0.3 is 19.9 Å². The monoisotopic (exact) mass is 479 g/mol. The minimum atomic E-state index is -0.118. The molecule has 3 aromatic rings. The van der Waals surface area contributed by atoms with Crippen LogP contribution in [0.25, 0.3) is 10.9 Å². The molecular weight excluding hydrogens is 446 g/mol. The highest BCUT2D eigenvalue weighted by molar-refractivity contribution is 5.90. The molecule has 3 aromatic heterocycles. The molecule has 35 heavy (non-hydrogen) atoms. The quantitative estimate of drug-likeness (QED) is 0.467. The molecule has 2 fully saturated rings. The molecule has 2 aliphatic rings. The molecule has 0 atom stereocenters. The fourth-order valence-electron chi connectivity index (χ4n) is 4.78. The van der Waals surface area contributed by atoms with Crippen LogP contribution in [0.1, 0.15) is 64.8 Å². The van der Waals surface area contributed by atoms with Crippen molar-refractivity contribution in [2.45, 2.75) is 70.4 Å². The van der Waals surface area contributed by atoms with E-state index in [1.54, 1.807) is 24.0 Å². The Kier molecular flexibility index (Phi) is 6.21. The number of carbonyl (C=O) groups excluding carboxylic acids is 1.